The molecule has 0 aliphatic carbocycles. The summed E-state index contributed by atoms with van der Waals surface area (Å²) in [6.45, 7) is 2.03. The summed E-state index contributed by atoms with van der Waals surface area (Å²) in [6, 6.07) is 0. The Morgan fingerprint density at radius 1 is 1.43 bits per heavy atom. The van der Waals surface area contributed by atoms with Gasteiger partial charge in [-0.05, 0) is 21.0 Å². The zero-order valence-corrected chi connectivity index (χ0v) is 6.59. The van der Waals surface area contributed by atoms with E-state index in [1.54, 1.807) is 0 Å². The summed E-state index contributed by atoms with van der Waals surface area (Å²) < 4.78 is 0. The van der Waals surface area contributed by atoms with Crippen molar-refractivity contribution >= 4 is 25.0 Å². The Morgan fingerprint density at radius 2 is 1.57 bits per heavy atom. The molecule has 0 aromatic carbocycles. The van der Waals surface area contributed by atoms with Gasteiger partial charge in [-0.15, -0.1) is 12.4 Å². The number of thiol groups is 1. The molecule has 0 N–H and O–H groups in total. The summed E-state index contributed by atoms with van der Waals surface area (Å²) in [7, 11) is 4.00. The highest BCUT2D eigenvalue weighted by Gasteiger charge is 1.91. The molecule has 0 aliphatic rings. The molecule has 1 nitrogen and oxygen atoms in total. The summed E-state index contributed by atoms with van der Waals surface area (Å²) in [5, 5.41) is 0.380. The fraction of sp³-hybridized carbons (Fsp3) is 1.00. The lowest BCUT2D eigenvalue weighted by molar-refractivity contribution is 0.404. The zero-order chi connectivity index (χ0) is 5.15. The van der Waals surface area contributed by atoms with E-state index in [0.717, 1.165) is 0 Å². The molecule has 0 aliphatic heterocycles. The van der Waals surface area contributed by atoms with Crippen LogP contribution in [-0.4, -0.2) is 24.4 Å². The van der Waals surface area contributed by atoms with Gasteiger partial charge in [-0.25, -0.2) is 0 Å². The van der Waals surface area contributed by atoms with Gasteiger partial charge in [0, 0.05) is 5.37 Å². The van der Waals surface area contributed by atoms with Crippen molar-refractivity contribution in [1.29, 1.82) is 0 Å². The van der Waals surface area contributed by atoms with E-state index in [9.17, 15) is 0 Å². The molecular weight excluding hydrogens is 130 g/mol. The van der Waals surface area contributed by atoms with Gasteiger partial charge in [0.05, 0.1) is 0 Å². The average Bonchev–Trinajstić information content (AvgIpc) is 1.36. The first-order chi connectivity index (χ1) is 2.64. The normalized spacial score (nSPS) is 13.3. The molecule has 1 atom stereocenters. The zero-order valence-electron chi connectivity index (χ0n) is 4.88. The molecule has 0 fully saturated rings. The van der Waals surface area contributed by atoms with Gasteiger partial charge in [0.2, 0.25) is 0 Å². The first kappa shape index (κ1) is 10.6. The maximum atomic E-state index is 4.12. The van der Waals surface area contributed by atoms with Crippen LogP contribution in [0.25, 0.3) is 0 Å². The third-order valence-corrected chi connectivity index (χ3v) is 1.21. The van der Waals surface area contributed by atoms with Crippen molar-refractivity contribution in [1.82, 2.24) is 4.90 Å². The van der Waals surface area contributed by atoms with Gasteiger partial charge >= 0.3 is 0 Å². The second-order valence-corrected chi connectivity index (χ2v) is 2.34. The number of nitrogens with zero attached hydrogens (tertiary/aromatic N) is 1. The molecule has 0 amide bonds. The molecule has 0 saturated heterocycles. The van der Waals surface area contributed by atoms with Crippen LogP contribution in [0.5, 0.6) is 0 Å². The first-order valence-corrected chi connectivity index (χ1v) is 2.50. The molecule has 0 aromatic heterocycles. The fourth-order valence-corrected chi connectivity index (χ4v) is 0. The second-order valence-electron chi connectivity index (χ2n) is 1.60. The van der Waals surface area contributed by atoms with E-state index in [-0.39, 0.29) is 12.4 Å². The van der Waals surface area contributed by atoms with E-state index in [4.69, 9.17) is 0 Å². The molecule has 0 bridgehead atoms. The van der Waals surface area contributed by atoms with Gasteiger partial charge in [0.25, 0.3) is 0 Å². The molecule has 0 aromatic rings. The van der Waals surface area contributed by atoms with Crippen LogP contribution in [0.1, 0.15) is 6.92 Å². The van der Waals surface area contributed by atoms with Crippen LogP contribution in [0, 0.1) is 0 Å². The Balaban J connectivity index is 0. The molecule has 3 heteroatoms. The van der Waals surface area contributed by atoms with E-state index in [2.05, 4.69) is 12.6 Å². The smallest absolute Gasteiger partial charge is 0.0493 e. The molecule has 0 spiro atoms. The SMILES string of the molecule is CC(S)N(C)C.Cl. The first-order valence-electron chi connectivity index (χ1n) is 1.99. The number of hydrogen-bond donors (Lipinski definition) is 1. The van der Waals surface area contributed by atoms with E-state index >= 15 is 0 Å². The minimum atomic E-state index is 0. The lowest BCUT2D eigenvalue weighted by Crippen LogP contribution is -2.17. The molecule has 7 heavy (non-hydrogen) atoms. The average molecular weight is 142 g/mol. The van der Waals surface area contributed by atoms with E-state index in [1.807, 2.05) is 25.9 Å². The maximum absolute atomic E-state index is 4.12. The molecule has 0 heterocycles. The van der Waals surface area contributed by atoms with Crippen LogP contribution >= 0.6 is 25.0 Å². The van der Waals surface area contributed by atoms with Gasteiger partial charge < -0.3 is 0 Å². The summed E-state index contributed by atoms with van der Waals surface area (Å²) in [5.41, 5.74) is 0. The topological polar surface area (TPSA) is 3.24 Å². The highest BCUT2D eigenvalue weighted by Crippen LogP contribution is 1.92. The molecule has 46 valence electrons. The Morgan fingerprint density at radius 3 is 1.57 bits per heavy atom. The van der Waals surface area contributed by atoms with Crippen molar-refractivity contribution in [3.63, 3.8) is 0 Å². The summed E-state index contributed by atoms with van der Waals surface area (Å²) in [6.07, 6.45) is 0. The van der Waals surface area contributed by atoms with E-state index in [0.29, 0.717) is 5.37 Å². The monoisotopic (exact) mass is 141 g/mol. The lowest BCUT2D eigenvalue weighted by atomic mass is 10.7. The molecule has 1 unspecified atom stereocenters. The van der Waals surface area contributed by atoms with Crippen molar-refractivity contribution in [3.8, 4) is 0 Å². The van der Waals surface area contributed by atoms with Crippen molar-refractivity contribution in [2.75, 3.05) is 14.1 Å². The minimum absolute atomic E-state index is 0. The third-order valence-electron chi connectivity index (χ3n) is 0.747. The second kappa shape index (κ2) is 4.75. The number of rotatable bonds is 1. The van der Waals surface area contributed by atoms with Crippen molar-refractivity contribution in [2.24, 2.45) is 0 Å². The predicted molar refractivity (Wildman–Crippen MR) is 39.4 cm³/mol. The Labute approximate surface area is 56.9 Å². The van der Waals surface area contributed by atoms with Crippen LogP contribution in [-0.2, 0) is 0 Å². The number of halogens is 1. The van der Waals surface area contributed by atoms with Crippen molar-refractivity contribution in [2.45, 2.75) is 12.3 Å². The van der Waals surface area contributed by atoms with Crippen molar-refractivity contribution in [3.05, 3.63) is 0 Å². The largest absolute Gasteiger partial charge is 0.298 e. The standard InChI is InChI=1S/C4H11NS.ClH/c1-4(6)5(2)3;/h4,6H,1-3H3;1H. The van der Waals surface area contributed by atoms with Gasteiger partial charge in [-0.3, -0.25) is 4.90 Å². The van der Waals surface area contributed by atoms with Crippen LogP contribution in [0.4, 0.5) is 0 Å². The number of hydrogen-bond acceptors (Lipinski definition) is 2. The quantitative estimate of drug-likeness (QED) is 0.425. The van der Waals surface area contributed by atoms with Crippen LogP contribution in [0.3, 0.4) is 0 Å². The van der Waals surface area contributed by atoms with Gasteiger partial charge in [0.1, 0.15) is 0 Å². The summed E-state index contributed by atoms with van der Waals surface area (Å²) >= 11 is 4.12. The molecule has 0 rings (SSSR count). The van der Waals surface area contributed by atoms with Gasteiger partial charge in [-0.1, -0.05) is 0 Å². The van der Waals surface area contributed by atoms with Crippen LogP contribution in [0.2, 0.25) is 0 Å². The summed E-state index contributed by atoms with van der Waals surface area (Å²) in [4.78, 5) is 2.03. The van der Waals surface area contributed by atoms with Crippen molar-refractivity contribution < 1.29 is 0 Å². The van der Waals surface area contributed by atoms with E-state index in [1.165, 1.54) is 0 Å². The lowest BCUT2D eigenvalue weighted by Gasteiger charge is -2.11. The van der Waals surface area contributed by atoms with Crippen LogP contribution < -0.4 is 0 Å². The molecular formula is C4H12ClNS. The predicted octanol–water partition coefficient (Wildman–Crippen LogP) is 1.25. The highest BCUT2D eigenvalue weighted by atomic mass is 35.5. The third kappa shape index (κ3) is 6.60. The van der Waals surface area contributed by atoms with Gasteiger partial charge in [0.15, 0.2) is 0 Å². The van der Waals surface area contributed by atoms with E-state index < -0.39 is 0 Å². The Kier molecular flexibility index (Phi) is 7.17. The summed E-state index contributed by atoms with van der Waals surface area (Å²) in [5.74, 6) is 0. The minimum Gasteiger partial charge on any atom is -0.298 e. The fourth-order valence-electron chi connectivity index (χ4n) is 0. The molecule has 0 saturated carbocycles. The Hall–Kier alpha value is 0.600. The van der Waals surface area contributed by atoms with Crippen LogP contribution in [0.15, 0.2) is 0 Å². The Bertz CT molecular complexity index is 32.7. The highest BCUT2D eigenvalue weighted by molar-refractivity contribution is 7.80. The van der Waals surface area contributed by atoms with Gasteiger partial charge in [-0.2, -0.15) is 12.6 Å². The molecule has 0 radical (unpaired) electrons. The maximum Gasteiger partial charge on any atom is 0.0493 e.